The minimum Gasteiger partial charge on any atom is -0.373 e. The summed E-state index contributed by atoms with van der Waals surface area (Å²) in [5, 5.41) is 11.4. The molecule has 0 bridgehead atoms. The van der Waals surface area contributed by atoms with Gasteiger partial charge in [-0.1, -0.05) is 0 Å². The number of nitrogens with zero attached hydrogens (tertiary/aromatic N) is 2. The molecule has 2 rings (SSSR count). The van der Waals surface area contributed by atoms with Crippen LogP contribution in [0.5, 0.6) is 0 Å². The SMILES string of the molecule is CNc1cc(C(=O)Nc2ccc(=O)[nH]n2)cc(C)n1. The van der Waals surface area contributed by atoms with E-state index >= 15 is 0 Å². The van der Waals surface area contributed by atoms with Crippen molar-refractivity contribution in [1.29, 1.82) is 0 Å². The molecule has 0 aliphatic rings. The monoisotopic (exact) mass is 259 g/mol. The van der Waals surface area contributed by atoms with Crippen LogP contribution < -0.4 is 16.2 Å². The fraction of sp³-hybridized carbons (Fsp3) is 0.167. The van der Waals surface area contributed by atoms with E-state index in [9.17, 15) is 9.59 Å². The molecule has 98 valence electrons. The largest absolute Gasteiger partial charge is 0.373 e. The summed E-state index contributed by atoms with van der Waals surface area (Å²) in [5.74, 6) is 0.575. The number of hydrogen-bond donors (Lipinski definition) is 3. The van der Waals surface area contributed by atoms with Gasteiger partial charge in [-0.15, -0.1) is 0 Å². The van der Waals surface area contributed by atoms with Gasteiger partial charge in [0.15, 0.2) is 5.82 Å². The molecule has 0 radical (unpaired) electrons. The Morgan fingerprint density at radius 1 is 1.26 bits per heavy atom. The van der Waals surface area contributed by atoms with Gasteiger partial charge in [0.2, 0.25) is 0 Å². The maximum Gasteiger partial charge on any atom is 0.264 e. The number of aromatic amines is 1. The zero-order chi connectivity index (χ0) is 13.8. The van der Waals surface area contributed by atoms with Crippen LogP contribution in [0.15, 0.2) is 29.1 Å². The van der Waals surface area contributed by atoms with Crippen LogP contribution in [0.4, 0.5) is 11.6 Å². The van der Waals surface area contributed by atoms with Crippen LogP contribution in [0.3, 0.4) is 0 Å². The molecule has 2 heterocycles. The van der Waals surface area contributed by atoms with Gasteiger partial charge in [0.05, 0.1) is 0 Å². The smallest absolute Gasteiger partial charge is 0.264 e. The van der Waals surface area contributed by atoms with Crippen molar-refractivity contribution in [3.8, 4) is 0 Å². The summed E-state index contributed by atoms with van der Waals surface area (Å²) in [6.07, 6.45) is 0. The second-order valence-electron chi connectivity index (χ2n) is 3.89. The molecular formula is C12H13N5O2. The van der Waals surface area contributed by atoms with Crippen LogP contribution in [0.2, 0.25) is 0 Å². The van der Waals surface area contributed by atoms with E-state index in [-0.39, 0.29) is 17.3 Å². The number of aromatic nitrogens is 3. The molecule has 7 heteroatoms. The van der Waals surface area contributed by atoms with Crippen molar-refractivity contribution >= 4 is 17.5 Å². The summed E-state index contributed by atoms with van der Waals surface area (Å²) in [4.78, 5) is 27.1. The van der Waals surface area contributed by atoms with Crippen molar-refractivity contribution < 1.29 is 4.79 Å². The first-order chi connectivity index (χ1) is 9.08. The molecule has 3 N–H and O–H groups in total. The topological polar surface area (TPSA) is 99.8 Å². The first-order valence-electron chi connectivity index (χ1n) is 5.62. The van der Waals surface area contributed by atoms with Crippen LogP contribution >= 0.6 is 0 Å². The van der Waals surface area contributed by atoms with E-state index in [0.29, 0.717) is 11.4 Å². The van der Waals surface area contributed by atoms with Crippen molar-refractivity contribution in [2.45, 2.75) is 6.92 Å². The molecule has 0 spiro atoms. The third kappa shape index (κ3) is 3.15. The average molecular weight is 259 g/mol. The highest BCUT2D eigenvalue weighted by molar-refractivity contribution is 6.04. The second kappa shape index (κ2) is 5.30. The summed E-state index contributed by atoms with van der Waals surface area (Å²) in [6, 6.07) is 6.03. The molecule has 0 atom stereocenters. The number of hydrogen-bond acceptors (Lipinski definition) is 5. The van der Waals surface area contributed by atoms with Crippen molar-refractivity contribution in [3.63, 3.8) is 0 Å². The van der Waals surface area contributed by atoms with Crippen molar-refractivity contribution in [2.24, 2.45) is 0 Å². The van der Waals surface area contributed by atoms with E-state index in [1.54, 1.807) is 26.1 Å². The maximum absolute atomic E-state index is 12.0. The Morgan fingerprint density at radius 3 is 2.68 bits per heavy atom. The highest BCUT2D eigenvalue weighted by Crippen LogP contribution is 2.11. The average Bonchev–Trinajstić information content (AvgIpc) is 2.40. The Bertz CT molecular complexity index is 645. The Kier molecular flexibility index (Phi) is 3.56. The Morgan fingerprint density at radius 2 is 2.05 bits per heavy atom. The third-order valence-electron chi connectivity index (χ3n) is 2.39. The molecule has 0 saturated carbocycles. The molecule has 7 nitrogen and oxygen atoms in total. The van der Waals surface area contributed by atoms with Gasteiger partial charge in [0.25, 0.3) is 11.5 Å². The number of carbonyl (C=O) groups excluding carboxylic acids is 1. The number of pyridine rings is 1. The van der Waals surface area contributed by atoms with Gasteiger partial charge in [-0.2, -0.15) is 5.10 Å². The molecule has 0 aromatic carbocycles. The van der Waals surface area contributed by atoms with Crippen LogP contribution in [0.25, 0.3) is 0 Å². The normalized spacial score (nSPS) is 10.0. The van der Waals surface area contributed by atoms with Crippen LogP contribution in [-0.2, 0) is 0 Å². The van der Waals surface area contributed by atoms with Crippen LogP contribution in [0, 0.1) is 6.92 Å². The highest BCUT2D eigenvalue weighted by Gasteiger charge is 2.09. The van der Waals surface area contributed by atoms with Gasteiger partial charge >= 0.3 is 0 Å². The van der Waals surface area contributed by atoms with Gasteiger partial charge in [0.1, 0.15) is 5.82 Å². The maximum atomic E-state index is 12.0. The first kappa shape index (κ1) is 12.7. The van der Waals surface area contributed by atoms with Gasteiger partial charge in [0, 0.05) is 24.4 Å². The number of carbonyl (C=O) groups is 1. The fourth-order valence-electron chi connectivity index (χ4n) is 1.53. The van der Waals surface area contributed by atoms with Gasteiger partial charge in [-0.05, 0) is 25.1 Å². The standard InChI is InChI=1S/C12H13N5O2/c1-7-5-8(6-10(13-2)14-7)12(19)15-9-3-4-11(18)17-16-9/h3-6H,1-2H3,(H,13,14)(H,17,18)(H,15,16,19). The van der Waals surface area contributed by atoms with Crippen molar-refractivity contribution in [2.75, 3.05) is 17.7 Å². The Hall–Kier alpha value is -2.70. The van der Waals surface area contributed by atoms with Gasteiger partial charge in [-0.25, -0.2) is 10.1 Å². The number of nitrogens with one attached hydrogen (secondary N) is 3. The summed E-state index contributed by atoms with van der Waals surface area (Å²) in [5.41, 5.74) is 0.867. The number of amides is 1. The van der Waals surface area contributed by atoms with Gasteiger partial charge < -0.3 is 10.6 Å². The second-order valence-corrected chi connectivity index (χ2v) is 3.89. The zero-order valence-corrected chi connectivity index (χ0v) is 10.5. The minimum absolute atomic E-state index is 0.282. The van der Waals surface area contributed by atoms with E-state index in [1.165, 1.54) is 12.1 Å². The quantitative estimate of drug-likeness (QED) is 0.756. The number of anilines is 2. The molecule has 0 aliphatic heterocycles. The van der Waals surface area contributed by atoms with Crippen LogP contribution in [0.1, 0.15) is 16.1 Å². The van der Waals surface area contributed by atoms with Gasteiger partial charge in [-0.3, -0.25) is 9.59 Å². The molecule has 0 unspecified atom stereocenters. The summed E-state index contributed by atoms with van der Waals surface area (Å²) in [7, 11) is 1.73. The summed E-state index contributed by atoms with van der Waals surface area (Å²) < 4.78 is 0. The number of H-pyrrole nitrogens is 1. The third-order valence-corrected chi connectivity index (χ3v) is 2.39. The van der Waals surface area contributed by atoms with E-state index in [1.807, 2.05) is 0 Å². The summed E-state index contributed by atoms with van der Waals surface area (Å²) in [6.45, 7) is 1.80. The Labute approximate surface area is 109 Å². The molecule has 0 aliphatic carbocycles. The number of rotatable bonds is 3. The fourth-order valence-corrected chi connectivity index (χ4v) is 1.53. The lowest BCUT2D eigenvalue weighted by Crippen LogP contribution is -2.16. The summed E-state index contributed by atoms with van der Waals surface area (Å²) >= 11 is 0. The van der Waals surface area contributed by atoms with Crippen molar-refractivity contribution in [3.05, 3.63) is 45.9 Å². The first-order valence-corrected chi connectivity index (χ1v) is 5.62. The molecule has 19 heavy (non-hydrogen) atoms. The molecule has 0 fully saturated rings. The molecule has 2 aromatic heterocycles. The lowest BCUT2D eigenvalue weighted by molar-refractivity contribution is 0.102. The molecular weight excluding hydrogens is 246 g/mol. The lowest BCUT2D eigenvalue weighted by Gasteiger charge is -2.06. The molecule has 2 aromatic rings. The molecule has 0 saturated heterocycles. The highest BCUT2D eigenvalue weighted by atomic mass is 16.2. The van der Waals surface area contributed by atoms with E-state index < -0.39 is 0 Å². The Balaban J connectivity index is 2.22. The predicted octanol–water partition coefficient (Wildman–Crippen LogP) is 0.767. The lowest BCUT2D eigenvalue weighted by atomic mass is 10.2. The van der Waals surface area contributed by atoms with E-state index in [2.05, 4.69) is 25.8 Å². The van der Waals surface area contributed by atoms with E-state index in [0.717, 1.165) is 5.69 Å². The van der Waals surface area contributed by atoms with E-state index in [4.69, 9.17) is 0 Å². The zero-order valence-electron chi connectivity index (χ0n) is 10.5. The molecule has 1 amide bonds. The van der Waals surface area contributed by atoms with Crippen molar-refractivity contribution in [1.82, 2.24) is 15.2 Å². The predicted molar refractivity (Wildman–Crippen MR) is 71.3 cm³/mol. The number of aryl methyl sites for hydroxylation is 1. The van der Waals surface area contributed by atoms with Crippen LogP contribution in [-0.4, -0.2) is 28.1 Å². The minimum atomic E-state index is -0.324.